The van der Waals surface area contributed by atoms with Gasteiger partial charge in [0.25, 0.3) is 5.91 Å². The van der Waals surface area contributed by atoms with Crippen molar-refractivity contribution in [2.75, 3.05) is 10.2 Å². The monoisotopic (exact) mass is 361 g/mol. The van der Waals surface area contributed by atoms with Gasteiger partial charge in [0.15, 0.2) is 0 Å². The summed E-state index contributed by atoms with van der Waals surface area (Å²) in [6, 6.07) is 14.7. The summed E-state index contributed by atoms with van der Waals surface area (Å²) in [5, 5.41) is 6.99. The molecule has 2 amide bonds. The van der Waals surface area contributed by atoms with Crippen molar-refractivity contribution in [1.29, 1.82) is 0 Å². The maximum atomic E-state index is 12.7. The SMILES string of the molecule is CC1CCC(=O)N1c1ccc(NC(=O)c2ccccc2-n2cncn2)cc1. The van der Waals surface area contributed by atoms with E-state index in [-0.39, 0.29) is 17.9 Å². The molecule has 0 radical (unpaired) electrons. The van der Waals surface area contributed by atoms with Crippen molar-refractivity contribution >= 4 is 23.2 Å². The number of carbonyl (C=O) groups excluding carboxylic acids is 2. The summed E-state index contributed by atoms with van der Waals surface area (Å²) in [7, 11) is 0. The first-order valence-corrected chi connectivity index (χ1v) is 8.81. The van der Waals surface area contributed by atoms with Crippen LogP contribution >= 0.6 is 0 Å². The lowest BCUT2D eigenvalue weighted by Gasteiger charge is -2.22. The number of benzene rings is 2. The highest BCUT2D eigenvalue weighted by Crippen LogP contribution is 2.27. The summed E-state index contributed by atoms with van der Waals surface area (Å²) < 4.78 is 1.55. The predicted octanol–water partition coefficient (Wildman–Crippen LogP) is 3.03. The van der Waals surface area contributed by atoms with Gasteiger partial charge in [0.2, 0.25) is 5.91 Å². The van der Waals surface area contributed by atoms with Crippen LogP contribution in [0.25, 0.3) is 5.69 Å². The molecule has 2 heterocycles. The molecule has 7 nitrogen and oxygen atoms in total. The molecule has 1 atom stereocenters. The molecule has 27 heavy (non-hydrogen) atoms. The molecule has 0 spiro atoms. The third-order valence-electron chi connectivity index (χ3n) is 4.70. The number of rotatable bonds is 4. The van der Waals surface area contributed by atoms with Gasteiger partial charge in [0.1, 0.15) is 12.7 Å². The van der Waals surface area contributed by atoms with Gasteiger partial charge in [-0.05, 0) is 49.7 Å². The van der Waals surface area contributed by atoms with Crippen LogP contribution in [0.2, 0.25) is 0 Å². The average Bonchev–Trinajstić information content (AvgIpc) is 3.33. The van der Waals surface area contributed by atoms with E-state index in [4.69, 9.17) is 0 Å². The van der Waals surface area contributed by atoms with Crippen LogP contribution in [0.3, 0.4) is 0 Å². The first-order chi connectivity index (χ1) is 13.1. The Balaban J connectivity index is 1.54. The molecule has 7 heteroatoms. The number of nitrogens with one attached hydrogen (secondary N) is 1. The zero-order valence-corrected chi connectivity index (χ0v) is 14.9. The highest BCUT2D eigenvalue weighted by molar-refractivity contribution is 6.07. The maximum Gasteiger partial charge on any atom is 0.257 e. The van der Waals surface area contributed by atoms with E-state index in [1.54, 1.807) is 23.1 Å². The van der Waals surface area contributed by atoms with Gasteiger partial charge in [-0.25, -0.2) is 9.67 Å². The van der Waals surface area contributed by atoms with E-state index in [9.17, 15) is 9.59 Å². The number of amides is 2. The second-order valence-corrected chi connectivity index (χ2v) is 6.51. The van der Waals surface area contributed by atoms with Gasteiger partial charge in [-0.1, -0.05) is 12.1 Å². The highest BCUT2D eigenvalue weighted by Gasteiger charge is 2.28. The van der Waals surface area contributed by atoms with Gasteiger partial charge in [0.05, 0.1) is 11.3 Å². The number of hydrogen-bond acceptors (Lipinski definition) is 4. The summed E-state index contributed by atoms with van der Waals surface area (Å²) in [5.74, 6) is -0.0967. The number of carbonyl (C=O) groups is 2. The second-order valence-electron chi connectivity index (χ2n) is 6.51. The summed E-state index contributed by atoms with van der Waals surface area (Å²) >= 11 is 0. The Morgan fingerprint density at radius 1 is 1.15 bits per heavy atom. The summed E-state index contributed by atoms with van der Waals surface area (Å²) in [6.45, 7) is 2.04. The molecule has 0 aliphatic carbocycles. The van der Waals surface area contributed by atoms with Crippen molar-refractivity contribution in [3.63, 3.8) is 0 Å². The Labute approximate surface area is 156 Å². The van der Waals surface area contributed by atoms with Crippen molar-refractivity contribution in [1.82, 2.24) is 14.8 Å². The van der Waals surface area contributed by atoms with Gasteiger partial charge in [-0.3, -0.25) is 9.59 Å². The highest BCUT2D eigenvalue weighted by atomic mass is 16.2. The van der Waals surface area contributed by atoms with E-state index in [0.29, 0.717) is 23.4 Å². The van der Waals surface area contributed by atoms with Crippen LogP contribution in [0, 0.1) is 0 Å². The zero-order valence-electron chi connectivity index (χ0n) is 14.9. The average molecular weight is 361 g/mol. The number of aromatic nitrogens is 3. The Bertz CT molecular complexity index is 966. The van der Waals surface area contributed by atoms with Crippen LogP contribution < -0.4 is 10.2 Å². The molecular weight excluding hydrogens is 342 g/mol. The van der Waals surface area contributed by atoms with E-state index in [0.717, 1.165) is 12.1 Å². The fraction of sp³-hybridized carbons (Fsp3) is 0.200. The lowest BCUT2D eigenvalue weighted by atomic mass is 10.1. The van der Waals surface area contributed by atoms with Gasteiger partial charge in [0, 0.05) is 23.8 Å². The standard InChI is InChI=1S/C20H19N5O2/c1-14-6-11-19(26)25(14)16-9-7-15(8-10-16)23-20(27)17-4-2-3-5-18(17)24-13-21-12-22-24/h2-5,7-10,12-14H,6,11H2,1H3,(H,23,27). The van der Waals surface area contributed by atoms with Crippen LogP contribution in [0.15, 0.2) is 61.2 Å². The molecular formula is C20H19N5O2. The molecule has 1 N–H and O–H groups in total. The van der Waals surface area contributed by atoms with Crippen LogP contribution in [0.1, 0.15) is 30.1 Å². The Morgan fingerprint density at radius 2 is 1.93 bits per heavy atom. The summed E-state index contributed by atoms with van der Waals surface area (Å²) in [6.07, 6.45) is 4.43. The molecule has 1 unspecified atom stereocenters. The predicted molar refractivity (Wildman–Crippen MR) is 102 cm³/mol. The molecule has 136 valence electrons. The number of anilines is 2. The molecule has 1 aliphatic heterocycles. The van der Waals surface area contributed by atoms with Crippen molar-refractivity contribution in [3.8, 4) is 5.69 Å². The van der Waals surface area contributed by atoms with Crippen LogP contribution in [-0.2, 0) is 4.79 Å². The molecule has 1 saturated heterocycles. The van der Waals surface area contributed by atoms with Gasteiger partial charge in [-0.15, -0.1) is 0 Å². The third kappa shape index (κ3) is 3.31. The molecule has 0 saturated carbocycles. The minimum Gasteiger partial charge on any atom is -0.322 e. The molecule has 1 aromatic heterocycles. The van der Waals surface area contributed by atoms with Crippen LogP contribution in [-0.4, -0.2) is 32.6 Å². The first kappa shape index (κ1) is 17.0. The van der Waals surface area contributed by atoms with E-state index >= 15 is 0 Å². The maximum absolute atomic E-state index is 12.7. The van der Waals surface area contributed by atoms with Crippen molar-refractivity contribution < 1.29 is 9.59 Å². The molecule has 1 fully saturated rings. The van der Waals surface area contributed by atoms with Gasteiger partial charge in [-0.2, -0.15) is 5.10 Å². The smallest absolute Gasteiger partial charge is 0.257 e. The second kappa shape index (κ2) is 7.03. The summed E-state index contributed by atoms with van der Waals surface area (Å²) in [5.41, 5.74) is 2.67. The summed E-state index contributed by atoms with van der Waals surface area (Å²) in [4.78, 5) is 30.5. The Morgan fingerprint density at radius 3 is 2.59 bits per heavy atom. The molecule has 1 aliphatic rings. The largest absolute Gasteiger partial charge is 0.322 e. The molecule has 0 bridgehead atoms. The quantitative estimate of drug-likeness (QED) is 0.775. The van der Waals surface area contributed by atoms with E-state index in [1.165, 1.54) is 6.33 Å². The fourth-order valence-corrected chi connectivity index (χ4v) is 3.33. The molecule has 2 aromatic carbocycles. The molecule has 4 rings (SSSR count). The minimum atomic E-state index is -0.237. The van der Waals surface area contributed by atoms with Crippen molar-refractivity contribution in [2.24, 2.45) is 0 Å². The van der Waals surface area contributed by atoms with Gasteiger partial charge < -0.3 is 10.2 Å². The van der Waals surface area contributed by atoms with E-state index in [2.05, 4.69) is 15.4 Å². The van der Waals surface area contributed by atoms with Crippen molar-refractivity contribution in [2.45, 2.75) is 25.8 Å². The van der Waals surface area contributed by atoms with E-state index in [1.807, 2.05) is 48.2 Å². The van der Waals surface area contributed by atoms with Gasteiger partial charge >= 0.3 is 0 Å². The number of nitrogens with zero attached hydrogens (tertiary/aromatic N) is 4. The van der Waals surface area contributed by atoms with E-state index < -0.39 is 0 Å². The first-order valence-electron chi connectivity index (χ1n) is 8.81. The number of para-hydroxylation sites is 1. The normalized spacial score (nSPS) is 16.6. The lowest BCUT2D eigenvalue weighted by Crippen LogP contribution is -2.30. The Kier molecular flexibility index (Phi) is 4.42. The number of hydrogen-bond donors (Lipinski definition) is 1. The van der Waals surface area contributed by atoms with Crippen LogP contribution in [0.4, 0.5) is 11.4 Å². The molecule has 3 aromatic rings. The van der Waals surface area contributed by atoms with Crippen molar-refractivity contribution in [3.05, 3.63) is 66.7 Å². The lowest BCUT2D eigenvalue weighted by molar-refractivity contribution is -0.117. The zero-order chi connectivity index (χ0) is 18.8. The fourth-order valence-electron chi connectivity index (χ4n) is 3.33. The minimum absolute atomic E-state index is 0.140. The third-order valence-corrected chi connectivity index (χ3v) is 4.70. The topological polar surface area (TPSA) is 80.1 Å². The van der Waals surface area contributed by atoms with Crippen LogP contribution in [0.5, 0.6) is 0 Å². The Hall–Kier alpha value is -3.48.